The van der Waals surface area contributed by atoms with Gasteiger partial charge in [0.1, 0.15) is 0 Å². The first kappa shape index (κ1) is 14.2. The largest absolute Gasteiger partial charge is 0.244 e. The molecule has 1 aliphatic carbocycles. The standard InChI is InChI=1S/C20H18N2/c1-5-10-17-16(8-4)21-20-15-12-9-11-13(6-2)18(15)14(7-3)19(20)22-17/h5-12H,2,4H2,1,3H3/b10-5-,14-7+. The quantitative estimate of drug-likeness (QED) is 0.659. The van der Waals surface area contributed by atoms with Gasteiger partial charge in [-0.15, -0.1) is 0 Å². The van der Waals surface area contributed by atoms with Crippen LogP contribution in [0.15, 0.2) is 43.5 Å². The molecule has 0 atom stereocenters. The monoisotopic (exact) mass is 286 g/mol. The molecule has 0 aliphatic heterocycles. The van der Waals surface area contributed by atoms with Crippen LogP contribution in [0.3, 0.4) is 0 Å². The summed E-state index contributed by atoms with van der Waals surface area (Å²) in [4.78, 5) is 9.63. The van der Waals surface area contributed by atoms with Crippen molar-refractivity contribution in [2.24, 2.45) is 0 Å². The molecule has 0 spiro atoms. The van der Waals surface area contributed by atoms with Gasteiger partial charge < -0.3 is 0 Å². The number of benzene rings is 1. The molecule has 2 aromatic rings. The van der Waals surface area contributed by atoms with Gasteiger partial charge in [0.25, 0.3) is 0 Å². The van der Waals surface area contributed by atoms with Crippen molar-refractivity contribution in [2.45, 2.75) is 13.8 Å². The fourth-order valence-corrected chi connectivity index (χ4v) is 2.91. The number of allylic oxidation sites excluding steroid dienone is 2. The highest BCUT2D eigenvalue weighted by molar-refractivity contribution is 6.01. The third-order valence-electron chi connectivity index (χ3n) is 3.85. The summed E-state index contributed by atoms with van der Waals surface area (Å²) in [6.07, 6.45) is 9.67. The van der Waals surface area contributed by atoms with E-state index in [-0.39, 0.29) is 0 Å². The Bertz CT molecular complexity index is 839. The highest BCUT2D eigenvalue weighted by Gasteiger charge is 2.28. The lowest BCUT2D eigenvalue weighted by atomic mass is 9.99. The lowest BCUT2D eigenvalue weighted by Crippen LogP contribution is -1.97. The molecule has 0 bridgehead atoms. The second kappa shape index (κ2) is 5.57. The van der Waals surface area contributed by atoms with Crippen molar-refractivity contribution in [3.05, 3.63) is 71.7 Å². The number of hydrogen-bond acceptors (Lipinski definition) is 2. The van der Waals surface area contributed by atoms with E-state index in [9.17, 15) is 0 Å². The second-order valence-corrected chi connectivity index (χ2v) is 5.07. The second-order valence-electron chi connectivity index (χ2n) is 5.07. The molecule has 22 heavy (non-hydrogen) atoms. The first-order valence-electron chi connectivity index (χ1n) is 7.35. The molecule has 0 radical (unpaired) electrons. The molecular formula is C20H18N2. The minimum Gasteiger partial charge on any atom is -0.244 e. The van der Waals surface area contributed by atoms with Crippen LogP contribution in [0.2, 0.25) is 0 Å². The lowest BCUT2D eigenvalue weighted by Gasteiger charge is -2.05. The van der Waals surface area contributed by atoms with Crippen LogP contribution in [0.5, 0.6) is 0 Å². The molecule has 1 aromatic heterocycles. The van der Waals surface area contributed by atoms with Gasteiger partial charge in [-0.2, -0.15) is 0 Å². The highest BCUT2D eigenvalue weighted by atomic mass is 14.9. The van der Waals surface area contributed by atoms with Crippen LogP contribution in [-0.4, -0.2) is 9.97 Å². The van der Waals surface area contributed by atoms with Crippen molar-refractivity contribution in [1.29, 1.82) is 0 Å². The Hall–Kier alpha value is -2.74. The SMILES string of the molecule is C=Cc1cccc2c1/C(=C\C)c1nc(/C=C\C)c(C=C)nc1-2. The Morgan fingerprint density at radius 3 is 2.36 bits per heavy atom. The van der Waals surface area contributed by atoms with E-state index >= 15 is 0 Å². The normalized spacial score (nSPS) is 14.2. The van der Waals surface area contributed by atoms with E-state index in [1.807, 2.05) is 38.1 Å². The molecule has 0 saturated carbocycles. The topological polar surface area (TPSA) is 25.8 Å². The van der Waals surface area contributed by atoms with E-state index < -0.39 is 0 Å². The van der Waals surface area contributed by atoms with Gasteiger partial charge in [-0.25, -0.2) is 9.97 Å². The minimum absolute atomic E-state index is 0.809. The zero-order valence-corrected chi connectivity index (χ0v) is 12.9. The van der Waals surface area contributed by atoms with Gasteiger partial charge in [0.15, 0.2) is 0 Å². The van der Waals surface area contributed by atoms with Gasteiger partial charge in [0, 0.05) is 16.7 Å². The maximum Gasteiger partial charge on any atom is 0.0979 e. The average Bonchev–Trinajstić information content (AvgIpc) is 2.87. The molecule has 0 fully saturated rings. The van der Waals surface area contributed by atoms with Crippen molar-refractivity contribution in [3.8, 4) is 11.3 Å². The van der Waals surface area contributed by atoms with E-state index in [0.29, 0.717) is 0 Å². The summed E-state index contributed by atoms with van der Waals surface area (Å²) < 4.78 is 0. The smallest absolute Gasteiger partial charge is 0.0979 e. The third kappa shape index (κ3) is 1.96. The fourth-order valence-electron chi connectivity index (χ4n) is 2.91. The molecule has 3 rings (SSSR count). The van der Waals surface area contributed by atoms with Crippen molar-refractivity contribution in [2.75, 3.05) is 0 Å². The molecule has 0 N–H and O–H groups in total. The summed E-state index contributed by atoms with van der Waals surface area (Å²) in [6.45, 7) is 11.8. The molecule has 0 saturated heterocycles. The molecule has 108 valence electrons. The van der Waals surface area contributed by atoms with Crippen molar-refractivity contribution in [1.82, 2.24) is 9.97 Å². The van der Waals surface area contributed by atoms with Crippen LogP contribution in [0.4, 0.5) is 0 Å². The predicted molar refractivity (Wildman–Crippen MR) is 95.1 cm³/mol. The maximum absolute atomic E-state index is 4.83. The summed E-state index contributed by atoms with van der Waals surface area (Å²) in [5, 5.41) is 0. The molecule has 1 aliphatic rings. The number of aromatic nitrogens is 2. The Morgan fingerprint density at radius 2 is 1.73 bits per heavy atom. The highest BCUT2D eigenvalue weighted by Crippen LogP contribution is 2.44. The zero-order valence-electron chi connectivity index (χ0n) is 12.9. The molecule has 1 heterocycles. The van der Waals surface area contributed by atoms with Crippen LogP contribution in [0.25, 0.3) is 35.1 Å². The summed E-state index contributed by atoms with van der Waals surface area (Å²) in [5.41, 5.74) is 8.03. The fraction of sp³-hybridized carbons (Fsp3) is 0.100. The Balaban J connectivity index is 2.38. The zero-order chi connectivity index (χ0) is 15.7. The molecule has 1 aromatic carbocycles. The van der Waals surface area contributed by atoms with Crippen LogP contribution >= 0.6 is 0 Å². The number of fused-ring (bicyclic) bond motifs is 3. The minimum atomic E-state index is 0.809. The molecule has 2 heteroatoms. The van der Waals surface area contributed by atoms with Crippen molar-refractivity contribution >= 4 is 23.8 Å². The van der Waals surface area contributed by atoms with E-state index in [1.54, 1.807) is 6.08 Å². The first-order valence-corrected chi connectivity index (χ1v) is 7.35. The summed E-state index contributed by atoms with van der Waals surface area (Å²) in [7, 11) is 0. The van der Waals surface area contributed by atoms with Crippen LogP contribution in [0, 0.1) is 0 Å². The van der Waals surface area contributed by atoms with Crippen molar-refractivity contribution < 1.29 is 0 Å². The summed E-state index contributed by atoms with van der Waals surface area (Å²) in [6, 6.07) is 6.20. The van der Waals surface area contributed by atoms with Gasteiger partial charge >= 0.3 is 0 Å². The van der Waals surface area contributed by atoms with Gasteiger partial charge in [0.05, 0.1) is 22.8 Å². The maximum atomic E-state index is 4.83. The van der Waals surface area contributed by atoms with E-state index in [4.69, 9.17) is 9.97 Å². The van der Waals surface area contributed by atoms with Gasteiger partial charge in [0.2, 0.25) is 0 Å². The number of hydrogen-bond donors (Lipinski definition) is 0. The number of rotatable bonds is 3. The molecule has 0 amide bonds. The third-order valence-corrected chi connectivity index (χ3v) is 3.85. The lowest BCUT2D eigenvalue weighted by molar-refractivity contribution is 1.15. The van der Waals surface area contributed by atoms with E-state index in [2.05, 4.69) is 31.4 Å². The molecular weight excluding hydrogens is 268 g/mol. The molecule has 0 unspecified atom stereocenters. The summed E-state index contributed by atoms with van der Waals surface area (Å²) >= 11 is 0. The first-order chi connectivity index (χ1) is 10.7. The predicted octanol–water partition coefficient (Wildman–Crippen LogP) is 5.23. The Labute approximate surface area is 131 Å². The van der Waals surface area contributed by atoms with Crippen LogP contribution in [-0.2, 0) is 0 Å². The van der Waals surface area contributed by atoms with Crippen LogP contribution in [0.1, 0.15) is 42.1 Å². The Kier molecular flexibility index (Phi) is 3.60. The van der Waals surface area contributed by atoms with Crippen LogP contribution < -0.4 is 0 Å². The average molecular weight is 286 g/mol. The van der Waals surface area contributed by atoms with Gasteiger partial charge in [-0.05, 0) is 31.6 Å². The Morgan fingerprint density at radius 1 is 0.955 bits per heavy atom. The van der Waals surface area contributed by atoms with E-state index in [0.717, 1.165) is 39.5 Å². The number of nitrogens with zero attached hydrogens (tertiary/aromatic N) is 2. The molecule has 2 nitrogen and oxygen atoms in total. The van der Waals surface area contributed by atoms with Crippen molar-refractivity contribution in [3.63, 3.8) is 0 Å². The van der Waals surface area contributed by atoms with E-state index in [1.165, 1.54) is 5.56 Å². The van der Waals surface area contributed by atoms with Gasteiger partial charge in [-0.1, -0.05) is 49.6 Å². The summed E-state index contributed by atoms with van der Waals surface area (Å²) in [5.74, 6) is 0. The van der Waals surface area contributed by atoms with Gasteiger partial charge in [-0.3, -0.25) is 0 Å².